The first kappa shape index (κ1) is 29.6. The molecule has 0 radical (unpaired) electrons. The van der Waals surface area contributed by atoms with Gasteiger partial charge >= 0.3 is 5.97 Å². The van der Waals surface area contributed by atoms with E-state index in [9.17, 15) is 14.4 Å². The second-order valence-corrected chi connectivity index (χ2v) is 9.20. The molecule has 0 aliphatic rings. The molecule has 0 amide bonds. The number of pyridine rings is 4. The molecule has 0 aliphatic heterocycles. The van der Waals surface area contributed by atoms with Crippen LogP contribution in [0.15, 0.2) is 110 Å². The van der Waals surface area contributed by atoms with Gasteiger partial charge in [0.1, 0.15) is 11.4 Å². The molecular weight excluding hydrogens is 552 g/mol. The van der Waals surface area contributed by atoms with Crippen molar-refractivity contribution in [2.24, 2.45) is 0 Å². The van der Waals surface area contributed by atoms with Crippen LogP contribution in [0.3, 0.4) is 0 Å². The fourth-order valence-electron chi connectivity index (χ4n) is 4.06. The molecule has 42 heavy (non-hydrogen) atoms. The van der Waals surface area contributed by atoms with Crippen molar-refractivity contribution in [3.8, 4) is 0 Å². The lowest BCUT2D eigenvalue weighted by molar-refractivity contribution is 0.0600. The lowest BCUT2D eigenvalue weighted by Crippen LogP contribution is -2.08. The molecule has 0 N–H and O–H groups in total. The third-order valence-electron chi connectivity index (χ3n) is 6.10. The number of nitrogens with zero attached hydrogens (tertiary/aromatic N) is 4. The van der Waals surface area contributed by atoms with Gasteiger partial charge in [0.2, 0.25) is 11.6 Å². The maximum absolute atomic E-state index is 12.5. The van der Waals surface area contributed by atoms with E-state index < -0.39 is 5.97 Å². The number of ketones is 2. The van der Waals surface area contributed by atoms with Crippen molar-refractivity contribution < 1.29 is 19.1 Å². The van der Waals surface area contributed by atoms with Crippen LogP contribution in [0, 0.1) is 0 Å². The van der Waals surface area contributed by atoms with Crippen molar-refractivity contribution in [1.82, 2.24) is 19.9 Å². The summed E-state index contributed by atoms with van der Waals surface area (Å²) in [5.41, 5.74) is 3.59. The molecule has 2 aromatic carbocycles. The summed E-state index contributed by atoms with van der Waals surface area (Å²) in [4.78, 5) is 52.9. The number of fused-ring (bicyclic) bond motifs is 2. The number of benzene rings is 2. The first-order valence-corrected chi connectivity index (χ1v) is 12.8. The number of rotatable bonds is 5. The third kappa shape index (κ3) is 6.68. The highest BCUT2D eigenvalue weighted by Gasteiger charge is 2.15. The van der Waals surface area contributed by atoms with Crippen LogP contribution >= 0.6 is 11.6 Å². The highest BCUT2D eigenvalue weighted by molar-refractivity contribution is 6.31. The Kier molecular flexibility index (Phi) is 9.42. The van der Waals surface area contributed by atoms with Crippen molar-refractivity contribution in [2.75, 3.05) is 7.11 Å². The SMILES string of the molecule is C.COC(=O)c1ccnc(C(=O)c2ccc3ncccc3c2)c1.O=C(c1ccc2ncccc2c1)c1cc(Cl)ccn1. The molecule has 0 saturated carbocycles. The standard InChI is InChI=1S/C17H12N2O3.C15H9ClN2O.CH4/c1-22-17(21)13-6-8-19-15(10-13)16(20)12-4-5-14-11(9-12)3-2-7-18-14;16-12-5-7-18-14(9-12)15(19)11-3-4-13-10(8-11)2-1-6-17-13;/h2-10H,1H3;1-9H;1H4. The molecule has 0 unspecified atom stereocenters. The molecule has 0 fully saturated rings. The second-order valence-electron chi connectivity index (χ2n) is 8.76. The molecular formula is C33H25ClN4O4. The quantitative estimate of drug-likeness (QED) is 0.163. The Labute approximate surface area is 247 Å². The fraction of sp³-hybridized carbons (Fsp3) is 0.0606. The van der Waals surface area contributed by atoms with Gasteiger partial charge in [-0.25, -0.2) is 4.79 Å². The number of methoxy groups -OCH3 is 1. The van der Waals surface area contributed by atoms with E-state index in [2.05, 4.69) is 24.7 Å². The summed E-state index contributed by atoms with van der Waals surface area (Å²) < 4.78 is 4.65. The van der Waals surface area contributed by atoms with E-state index >= 15 is 0 Å². The number of halogens is 1. The van der Waals surface area contributed by atoms with Gasteiger partial charge in [0, 0.05) is 51.7 Å². The predicted octanol–water partition coefficient (Wildman–Crippen LogP) is 6.80. The number of hydrogen-bond acceptors (Lipinski definition) is 8. The average molecular weight is 577 g/mol. The van der Waals surface area contributed by atoms with E-state index in [1.165, 1.54) is 31.6 Å². The van der Waals surface area contributed by atoms with Crippen LogP contribution < -0.4 is 0 Å². The minimum Gasteiger partial charge on any atom is -0.465 e. The molecule has 4 aromatic heterocycles. The van der Waals surface area contributed by atoms with Crippen LogP contribution in [-0.4, -0.2) is 44.6 Å². The maximum atomic E-state index is 12.5. The molecule has 208 valence electrons. The molecule has 0 spiro atoms. The Morgan fingerprint density at radius 1 is 0.595 bits per heavy atom. The topological polar surface area (TPSA) is 112 Å². The largest absolute Gasteiger partial charge is 0.465 e. The normalized spacial score (nSPS) is 10.2. The summed E-state index contributed by atoms with van der Waals surface area (Å²) in [6, 6.07) is 24.2. The Morgan fingerprint density at radius 3 is 1.64 bits per heavy atom. The lowest BCUT2D eigenvalue weighted by Gasteiger charge is -2.04. The van der Waals surface area contributed by atoms with Gasteiger partial charge in [-0.3, -0.25) is 29.5 Å². The molecule has 0 bridgehead atoms. The summed E-state index contributed by atoms with van der Waals surface area (Å²) in [7, 11) is 1.29. The molecule has 0 atom stereocenters. The number of hydrogen-bond donors (Lipinski definition) is 0. The van der Waals surface area contributed by atoms with Crippen LogP contribution in [0.1, 0.15) is 49.9 Å². The molecule has 6 rings (SSSR count). The van der Waals surface area contributed by atoms with Gasteiger partial charge in [0.25, 0.3) is 0 Å². The van der Waals surface area contributed by atoms with Crippen LogP contribution in [0.4, 0.5) is 0 Å². The monoisotopic (exact) mass is 576 g/mol. The number of esters is 1. The molecule has 0 aliphatic carbocycles. The zero-order valence-electron chi connectivity index (χ0n) is 21.7. The molecule has 9 heteroatoms. The first-order chi connectivity index (χ1) is 19.9. The first-order valence-electron chi connectivity index (χ1n) is 12.4. The van der Waals surface area contributed by atoms with Gasteiger partial charge in [-0.1, -0.05) is 31.2 Å². The van der Waals surface area contributed by atoms with Crippen LogP contribution in [-0.2, 0) is 4.74 Å². The van der Waals surface area contributed by atoms with Gasteiger partial charge in [-0.05, 0) is 72.8 Å². The minimum absolute atomic E-state index is 0. The van der Waals surface area contributed by atoms with Gasteiger partial charge in [-0.15, -0.1) is 0 Å². The number of ether oxygens (including phenoxy) is 1. The van der Waals surface area contributed by atoms with E-state index in [-0.39, 0.29) is 24.7 Å². The Morgan fingerprint density at radius 2 is 1.12 bits per heavy atom. The number of carbonyl (C=O) groups is 3. The smallest absolute Gasteiger partial charge is 0.337 e. The fourth-order valence-corrected chi connectivity index (χ4v) is 4.22. The summed E-state index contributed by atoms with van der Waals surface area (Å²) in [6.45, 7) is 0. The molecule has 8 nitrogen and oxygen atoms in total. The Balaban J connectivity index is 0.000000190. The summed E-state index contributed by atoms with van der Waals surface area (Å²) in [6.07, 6.45) is 6.37. The highest BCUT2D eigenvalue weighted by atomic mass is 35.5. The van der Waals surface area contributed by atoms with Crippen molar-refractivity contribution in [2.45, 2.75) is 7.43 Å². The van der Waals surface area contributed by atoms with Crippen LogP contribution in [0.5, 0.6) is 0 Å². The van der Waals surface area contributed by atoms with E-state index in [1.807, 2.05) is 36.4 Å². The van der Waals surface area contributed by atoms with Crippen molar-refractivity contribution in [1.29, 1.82) is 0 Å². The summed E-state index contributed by atoms with van der Waals surface area (Å²) in [5, 5.41) is 2.30. The second kappa shape index (κ2) is 13.3. The Hall–Kier alpha value is -5.34. The van der Waals surface area contributed by atoms with Crippen molar-refractivity contribution in [3.63, 3.8) is 0 Å². The van der Waals surface area contributed by atoms with Gasteiger partial charge in [0.05, 0.1) is 23.7 Å². The lowest BCUT2D eigenvalue weighted by atomic mass is 10.0. The average Bonchev–Trinajstić information content (AvgIpc) is 3.03. The summed E-state index contributed by atoms with van der Waals surface area (Å²) in [5.74, 6) is -0.899. The number of aromatic nitrogens is 4. The van der Waals surface area contributed by atoms with Crippen molar-refractivity contribution >= 4 is 50.9 Å². The van der Waals surface area contributed by atoms with Gasteiger partial charge in [0.15, 0.2) is 0 Å². The molecule has 6 aromatic rings. The molecule has 0 saturated heterocycles. The zero-order chi connectivity index (χ0) is 28.8. The maximum Gasteiger partial charge on any atom is 0.337 e. The highest BCUT2D eigenvalue weighted by Crippen LogP contribution is 2.18. The molecule has 4 heterocycles. The van der Waals surface area contributed by atoms with Crippen molar-refractivity contribution in [3.05, 3.63) is 143 Å². The van der Waals surface area contributed by atoms with E-state index in [1.54, 1.807) is 48.8 Å². The summed E-state index contributed by atoms with van der Waals surface area (Å²) >= 11 is 5.87. The van der Waals surface area contributed by atoms with E-state index in [0.717, 1.165) is 21.8 Å². The van der Waals surface area contributed by atoms with Gasteiger partial charge in [-0.2, -0.15) is 0 Å². The van der Waals surface area contributed by atoms with Crippen LogP contribution in [0.2, 0.25) is 5.02 Å². The number of carbonyl (C=O) groups excluding carboxylic acids is 3. The zero-order valence-corrected chi connectivity index (χ0v) is 22.4. The minimum atomic E-state index is -0.501. The van der Waals surface area contributed by atoms with E-state index in [0.29, 0.717) is 27.4 Å². The van der Waals surface area contributed by atoms with Gasteiger partial charge < -0.3 is 4.74 Å². The third-order valence-corrected chi connectivity index (χ3v) is 6.33. The predicted molar refractivity (Wildman–Crippen MR) is 162 cm³/mol. The van der Waals surface area contributed by atoms with Crippen LogP contribution in [0.25, 0.3) is 21.8 Å². The van der Waals surface area contributed by atoms with E-state index in [4.69, 9.17) is 11.6 Å². The Bertz CT molecular complexity index is 1930.